The van der Waals surface area contributed by atoms with Gasteiger partial charge >= 0.3 is 0 Å². The molecular weight excluding hydrogens is 271 g/mol. The summed E-state index contributed by atoms with van der Waals surface area (Å²) in [5.41, 5.74) is 6.02. The van der Waals surface area contributed by atoms with Crippen LogP contribution in [0.1, 0.15) is 10.5 Å². The highest BCUT2D eigenvalue weighted by atomic mass is 19.1. The van der Waals surface area contributed by atoms with Crippen LogP contribution in [-0.2, 0) is 0 Å². The summed E-state index contributed by atoms with van der Waals surface area (Å²) in [6.07, 6.45) is 2.42. The fraction of sp³-hybridized carbons (Fsp3) is 0. The Hall–Kier alpha value is -3.02. The van der Waals surface area contributed by atoms with Gasteiger partial charge in [-0.2, -0.15) is 0 Å². The number of amides is 1. The van der Waals surface area contributed by atoms with Gasteiger partial charge < -0.3 is 11.1 Å². The van der Waals surface area contributed by atoms with Crippen molar-refractivity contribution in [2.24, 2.45) is 0 Å². The molecule has 21 heavy (non-hydrogen) atoms. The van der Waals surface area contributed by atoms with Crippen LogP contribution in [0.2, 0.25) is 0 Å². The summed E-state index contributed by atoms with van der Waals surface area (Å²) in [5.74, 6) is -0.884. The lowest BCUT2D eigenvalue weighted by Gasteiger charge is -2.07. The molecule has 0 radical (unpaired) electrons. The van der Waals surface area contributed by atoms with Crippen molar-refractivity contribution in [1.82, 2.24) is 9.97 Å². The van der Waals surface area contributed by atoms with Gasteiger partial charge in [-0.1, -0.05) is 24.3 Å². The number of hydrogen-bond donors (Lipinski definition) is 2. The fourth-order valence-corrected chi connectivity index (χ4v) is 2.00. The van der Waals surface area contributed by atoms with E-state index in [2.05, 4.69) is 15.3 Å². The first-order valence-corrected chi connectivity index (χ1v) is 6.21. The molecule has 2 aromatic heterocycles. The molecular formula is C15H11FN4O. The molecule has 0 aliphatic heterocycles. The van der Waals surface area contributed by atoms with Gasteiger partial charge in [-0.05, 0) is 17.5 Å². The molecule has 0 saturated carbocycles. The molecule has 6 heteroatoms. The van der Waals surface area contributed by atoms with Gasteiger partial charge in [0.25, 0.3) is 5.91 Å². The maximum absolute atomic E-state index is 13.5. The highest BCUT2D eigenvalue weighted by Crippen LogP contribution is 2.21. The topological polar surface area (TPSA) is 80.9 Å². The van der Waals surface area contributed by atoms with Gasteiger partial charge in [0, 0.05) is 11.6 Å². The summed E-state index contributed by atoms with van der Waals surface area (Å²) >= 11 is 0. The SMILES string of the molecule is Nc1nc(C(=O)Nc2ccncc2F)cc2ccccc12. The number of nitrogens with zero attached hydrogens (tertiary/aromatic N) is 2. The second-order valence-electron chi connectivity index (χ2n) is 4.42. The smallest absolute Gasteiger partial charge is 0.274 e. The predicted molar refractivity (Wildman–Crippen MR) is 78.3 cm³/mol. The van der Waals surface area contributed by atoms with E-state index >= 15 is 0 Å². The highest BCUT2D eigenvalue weighted by molar-refractivity contribution is 6.06. The van der Waals surface area contributed by atoms with Gasteiger partial charge in [0.15, 0.2) is 5.82 Å². The second-order valence-corrected chi connectivity index (χ2v) is 4.42. The Labute approximate surface area is 119 Å². The third-order valence-corrected chi connectivity index (χ3v) is 3.02. The lowest BCUT2D eigenvalue weighted by Crippen LogP contribution is -2.15. The van der Waals surface area contributed by atoms with Gasteiger partial charge in [-0.25, -0.2) is 9.37 Å². The molecule has 3 rings (SSSR count). The zero-order valence-corrected chi connectivity index (χ0v) is 10.9. The van der Waals surface area contributed by atoms with E-state index in [9.17, 15) is 9.18 Å². The third-order valence-electron chi connectivity index (χ3n) is 3.02. The number of carbonyl (C=O) groups excluding carboxylic acids is 1. The number of carbonyl (C=O) groups is 1. The highest BCUT2D eigenvalue weighted by Gasteiger charge is 2.12. The van der Waals surface area contributed by atoms with Crippen LogP contribution in [0.15, 0.2) is 48.8 Å². The molecule has 0 spiro atoms. The number of aromatic nitrogens is 2. The van der Waals surface area contributed by atoms with Crippen LogP contribution in [0.3, 0.4) is 0 Å². The van der Waals surface area contributed by atoms with E-state index in [-0.39, 0.29) is 17.2 Å². The van der Waals surface area contributed by atoms with E-state index in [1.54, 1.807) is 6.07 Å². The van der Waals surface area contributed by atoms with Crippen molar-refractivity contribution in [1.29, 1.82) is 0 Å². The number of nitrogens with one attached hydrogen (secondary N) is 1. The minimum atomic E-state index is -0.611. The summed E-state index contributed by atoms with van der Waals surface area (Å²) in [6.45, 7) is 0. The summed E-state index contributed by atoms with van der Waals surface area (Å²) in [5, 5.41) is 4.01. The number of halogens is 1. The first-order valence-electron chi connectivity index (χ1n) is 6.21. The number of anilines is 2. The molecule has 0 saturated heterocycles. The Morgan fingerprint density at radius 2 is 2.05 bits per heavy atom. The lowest BCUT2D eigenvalue weighted by atomic mass is 10.1. The van der Waals surface area contributed by atoms with E-state index in [1.807, 2.05) is 24.3 Å². The molecule has 0 aliphatic carbocycles. The molecule has 2 heterocycles. The molecule has 0 fully saturated rings. The Balaban J connectivity index is 1.97. The normalized spacial score (nSPS) is 10.5. The average Bonchev–Trinajstić information content (AvgIpc) is 2.49. The van der Waals surface area contributed by atoms with Gasteiger partial charge in [0.1, 0.15) is 11.5 Å². The van der Waals surface area contributed by atoms with E-state index in [0.29, 0.717) is 0 Å². The summed E-state index contributed by atoms with van der Waals surface area (Å²) in [7, 11) is 0. The zero-order chi connectivity index (χ0) is 14.8. The Kier molecular flexibility index (Phi) is 3.19. The standard InChI is InChI=1S/C15H11FN4O/c16-11-8-18-6-5-12(11)20-15(21)13-7-9-3-1-2-4-10(9)14(17)19-13/h1-8H,(H2,17,19)(H,18,20,21). The van der Waals surface area contributed by atoms with E-state index in [0.717, 1.165) is 17.0 Å². The van der Waals surface area contributed by atoms with Crippen LogP contribution in [0, 0.1) is 5.82 Å². The largest absolute Gasteiger partial charge is 0.383 e. The minimum absolute atomic E-state index is 0.0449. The van der Waals surface area contributed by atoms with Crippen LogP contribution in [0.5, 0.6) is 0 Å². The summed E-state index contributed by atoms with van der Waals surface area (Å²) in [4.78, 5) is 19.8. The van der Waals surface area contributed by atoms with Gasteiger partial charge in [-0.3, -0.25) is 9.78 Å². The van der Waals surface area contributed by atoms with Crippen LogP contribution in [-0.4, -0.2) is 15.9 Å². The van der Waals surface area contributed by atoms with Gasteiger partial charge in [0.05, 0.1) is 11.9 Å². The number of benzene rings is 1. The maximum atomic E-state index is 13.5. The monoisotopic (exact) mass is 282 g/mol. The molecule has 104 valence electrons. The van der Waals surface area contributed by atoms with Crippen molar-refractivity contribution < 1.29 is 9.18 Å². The van der Waals surface area contributed by atoms with Gasteiger partial charge in [0.2, 0.25) is 0 Å². The number of rotatable bonds is 2. The molecule has 0 unspecified atom stereocenters. The summed E-state index contributed by atoms with van der Waals surface area (Å²) < 4.78 is 13.5. The van der Waals surface area contributed by atoms with Crippen molar-refractivity contribution in [2.75, 3.05) is 11.1 Å². The Morgan fingerprint density at radius 1 is 1.24 bits per heavy atom. The Bertz CT molecular complexity index is 835. The van der Waals surface area contributed by atoms with Crippen molar-refractivity contribution >= 4 is 28.2 Å². The first-order chi connectivity index (χ1) is 10.1. The number of nitrogen functional groups attached to an aromatic ring is 1. The lowest BCUT2D eigenvalue weighted by molar-refractivity contribution is 0.102. The molecule has 0 atom stereocenters. The number of pyridine rings is 2. The van der Waals surface area contributed by atoms with E-state index in [4.69, 9.17) is 5.73 Å². The number of hydrogen-bond acceptors (Lipinski definition) is 4. The molecule has 1 amide bonds. The quantitative estimate of drug-likeness (QED) is 0.757. The number of fused-ring (bicyclic) bond motifs is 1. The van der Waals surface area contributed by atoms with Crippen LogP contribution in [0.25, 0.3) is 10.8 Å². The first kappa shape index (κ1) is 13.0. The van der Waals surface area contributed by atoms with Crippen LogP contribution in [0.4, 0.5) is 15.9 Å². The summed E-state index contributed by atoms with van der Waals surface area (Å²) in [6, 6.07) is 10.3. The molecule has 5 nitrogen and oxygen atoms in total. The minimum Gasteiger partial charge on any atom is -0.383 e. The number of nitrogens with two attached hydrogens (primary N) is 1. The van der Waals surface area contributed by atoms with Gasteiger partial charge in [-0.15, -0.1) is 0 Å². The molecule has 3 aromatic rings. The van der Waals surface area contributed by atoms with Crippen molar-refractivity contribution in [2.45, 2.75) is 0 Å². The van der Waals surface area contributed by atoms with E-state index < -0.39 is 11.7 Å². The molecule has 0 bridgehead atoms. The maximum Gasteiger partial charge on any atom is 0.274 e. The van der Waals surface area contributed by atoms with Crippen molar-refractivity contribution in [3.63, 3.8) is 0 Å². The predicted octanol–water partition coefficient (Wildman–Crippen LogP) is 2.60. The molecule has 1 aromatic carbocycles. The van der Waals surface area contributed by atoms with E-state index in [1.165, 1.54) is 12.3 Å². The van der Waals surface area contributed by atoms with Crippen LogP contribution >= 0.6 is 0 Å². The van der Waals surface area contributed by atoms with Crippen molar-refractivity contribution in [3.05, 3.63) is 60.3 Å². The zero-order valence-electron chi connectivity index (χ0n) is 10.9. The second kappa shape index (κ2) is 5.16. The average molecular weight is 282 g/mol. The Morgan fingerprint density at radius 3 is 2.86 bits per heavy atom. The third kappa shape index (κ3) is 2.51. The van der Waals surface area contributed by atoms with Crippen molar-refractivity contribution in [3.8, 4) is 0 Å². The van der Waals surface area contributed by atoms with Crippen LogP contribution < -0.4 is 11.1 Å². The molecule has 3 N–H and O–H groups in total. The fourth-order valence-electron chi connectivity index (χ4n) is 2.00. The molecule has 0 aliphatic rings.